The standard InChI is InChI=1S/C29H36ClF2N3O2/c1-17(33-18(2)36)25-13-20(30)5-7-23(25)19-9-11-35(12-10-19)29(37)27-16-22(34(3)4)15-26(27)24-8-6-21(31)14-28(24)32/h5-8,13-14,17,19,22,26-27H,9-12,15-16H2,1-4H3,(H,33,36)/t17-,22+,26?,27?/m0/s1. The summed E-state index contributed by atoms with van der Waals surface area (Å²) in [5.74, 6) is -1.60. The lowest BCUT2D eigenvalue weighted by molar-refractivity contribution is -0.137. The van der Waals surface area contributed by atoms with Crippen LogP contribution in [0.2, 0.25) is 5.02 Å². The number of nitrogens with one attached hydrogen (secondary N) is 1. The lowest BCUT2D eigenvalue weighted by Crippen LogP contribution is -2.42. The topological polar surface area (TPSA) is 52.7 Å². The average Bonchev–Trinajstić information content (AvgIpc) is 3.29. The Bertz CT molecular complexity index is 1150. The van der Waals surface area contributed by atoms with Crippen LogP contribution in [-0.2, 0) is 9.59 Å². The molecule has 2 unspecified atom stereocenters. The van der Waals surface area contributed by atoms with Crippen molar-refractivity contribution in [2.24, 2.45) is 5.92 Å². The van der Waals surface area contributed by atoms with Crippen molar-refractivity contribution in [3.05, 3.63) is 69.7 Å². The number of halogens is 3. The van der Waals surface area contributed by atoms with Gasteiger partial charge in [-0.15, -0.1) is 0 Å². The van der Waals surface area contributed by atoms with Gasteiger partial charge in [-0.1, -0.05) is 23.7 Å². The summed E-state index contributed by atoms with van der Waals surface area (Å²) in [5.41, 5.74) is 2.58. The van der Waals surface area contributed by atoms with E-state index in [9.17, 15) is 18.4 Å². The van der Waals surface area contributed by atoms with E-state index >= 15 is 0 Å². The number of carbonyl (C=O) groups excluding carboxylic acids is 2. The Labute approximate surface area is 223 Å². The summed E-state index contributed by atoms with van der Waals surface area (Å²) in [5, 5.41) is 3.58. The van der Waals surface area contributed by atoms with Gasteiger partial charge in [-0.25, -0.2) is 8.78 Å². The largest absolute Gasteiger partial charge is 0.350 e. The van der Waals surface area contributed by atoms with Crippen LogP contribution in [0.15, 0.2) is 36.4 Å². The van der Waals surface area contributed by atoms with Crippen molar-refractivity contribution in [3.8, 4) is 0 Å². The van der Waals surface area contributed by atoms with E-state index in [1.54, 1.807) is 0 Å². The Hall–Kier alpha value is -2.51. The van der Waals surface area contributed by atoms with Crippen LogP contribution in [0, 0.1) is 17.6 Å². The molecule has 5 nitrogen and oxygen atoms in total. The smallest absolute Gasteiger partial charge is 0.226 e. The molecule has 2 aliphatic rings. The van der Waals surface area contributed by atoms with Gasteiger partial charge in [-0.05, 0) is 93.4 Å². The summed E-state index contributed by atoms with van der Waals surface area (Å²) in [6.07, 6.45) is 2.92. The van der Waals surface area contributed by atoms with Gasteiger partial charge in [0.15, 0.2) is 0 Å². The number of likely N-dealkylation sites (tertiary alicyclic amines) is 1. The normalized spacial score (nSPS) is 23.4. The molecule has 1 saturated heterocycles. The van der Waals surface area contributed by atoms with E-state index in [2.05, 4.69) is 10.2 Å². The first-order chi connectivity index (χ1) is 17.5. The third kappa shape index (κ3) is 6.15. The molecule has 0 spiro atoms. The molecular formula is C29H36ClF2N3O2. The zero-order valence-corrected chi connectivity index (χ0v) is 22.7. The van der Waals surface area contributed by atoms with Gasteiger partial charge in [0, 0.05) is 43.1 Å². The van der Waals surface area contributed by atoms with Crippen molar-refractivity contribution in [2.75, 3.05) is 27.2 Å². The number of hydrogen-bond donors (Lipinski definition) is 1. The maximum absolute atomic E-state index is 14.7. The summed E-state index contributed by atoms with van der Waals surface area (Å²) in [4.78, 5) is 29.4. The zero-order valence-electron chi connectivity index (χ0n) is 21.9. The SMILES string of the molecule is CC(=O)N[C@@H](C)c1cc(Cl)ccc1C1CCN(C(=O)C2C[C@H](N(C)C)CC2c2ccc(F)cc2F)CC1. The molecule has 2 amide bonds. The number of amides is 2. The second-order valence-electron chi connectivity index (χ2n) is 10.8. The monoisotopic (exact) mass is 531 g/mol. The number of carbonyl (C=O) groups is 2. The number of piperidine rings is 1. The predicted octanol–water partition coefficient (Wildman–Crippen LogP) is 5.65. The molecule has 1 heterocycles. The summed E-state index contributed by atoms with van der Waals surface area (Å²) in [7, 11) is 3.96. The van der Waals surface area contributed by atoms with Crippen molar-refractivity contribution < 1.29 is 18.4 Å². The highest BCUT2D eigenvalue weighted by atomic mass is 35.5. The fourth-order valence-corrected chi connectivity index (χ4v) is 6.35. The van der Waals surface area contributed by atoms with Crippen LogP contribution in [0.4, 0.5) is 8.78 Å². The van der Waals surface area contributed by atoms with Crippen molar-refractivity contribution >= 4 is 23.4 Å². The first-order valence-corrected chi connectivity index (χ1v) is 13.4. The van der Waals surface area contributed by atoms with E-state index < -0.39 is 11.6 Å². The third-order valence-electron chi connectivity index (χ3n) is 8.13. The lowest BCUT2D eigenvalue weighted by atomic mass is 9.83. The third-order valence-corrected chi connectivity index (χ3v) is 8.36. The molecule has 2 aromatic rings. The highest BCUT2D eigenvalue weighted by molar-refractivity contribution is 6.30. The van der Waals surface area contributed by atoms with Crippen LogP contribution >= 0.6 is 11.6 Å². The maximum Gasteiger partial charge on any atom is 0.226 e. The molecule has 1 N–H and O–H groups in total. The molecule has 0 bridgehead atoms. The fraction of sp³-hybridized carbons (Fsp3) is 0.517. The predicted molar refractivity (Wildman–Crippen MR) is 142 cm³/mol. The van der Waals surface area contributed by atoms with Gasteiger partial charge in [0.25, 0.3) is 0 Å². The molecular weight excluding hydrogens is 496 g/mol. The van der Waals surface area contributed by atoms with Gasteiger partial charge in [0.05, 0.1) is 6.04 Å². The minimum atomic E-state index is -0.609. The molecule has 0 aromatic heterocycles. The van der Waals surface area contributed by atoms with E-state index in [4.69, 9.17) is 11.6 Å². The Morgan fingerprint density at radius 1 is 1.05 bits per heavy atom. The molecule has 1 aliphatic heterocycles. The molecule has 2 aromatic carbocycles. The minimum absolute atomic E-state index is 0.0551. The van der Waals surface area contributed by atoms with E-state index in [0.29, 0.717) is 36.5 Å². The molecule has 37 heavy (non-hydrogen) atoms. The first-order valence-electron chi connectivity index (χ1n) is 13.0. The molecule has 0 radical (unpaired) electrons. The van der Waals surface area contributed by atoms with E-state index in [0.717, 1.165) is 30.0 Å². The zero-order chi connectivity index (χ0) is 26.9. The number of benzene rings is 2. The van der Waals surface area contributed by atoms with Crippen LogP contribution in [0.3, 0.4) is 0 Å². The molecule has 4 rings (SSSR count). The van der Waals surface area contributed by atoms with Crippen molar-refractivity contribution in [1.82, 2.24) is 15.1 Å². The highest BCUT2D eigenvalue weighted by Crippen LogP contribution is 2.44. The van der Waals surface area contributed by atoms with Gasteiger partial charge < -0.3 is 15.1 Å². The van der Waals surface area contributed by atoms with E-state index in [1.165, 1.54) is 19.1 Å². The first kappa shape index (κ1) is 27.5. The molecule has 1 saturated carbocycles. The van der Waals surface area contributed by atoms with Gasteiger partial charge in [0.2, 0.25) is 11.8 Å². The van der Waals surface area contributed by atoms with Crippen LogP contribution in [0.5, 0.6) is 0 Å². The number of hydrogen-bond acceptors (Lipinski definition) is 3. The van der Waals surface area contributed by atoms with Gasteiger partial charge in [0.1, 0.15) is 11.6 Å². The molecule has 2 fully saturated rings. The van der Waals surface area contributed by atoms with Gasteiger partial charge in [-0.3, -0.25) is 9.59 Å². The van der Waals surface area contributed by atoms with Crippen LogP contribution < -0.4 is 5.32 Å². The Kier molecular flexibility index (Phi) is 8.54. The number of nitrogens with zero attached hydrogens (tertiary/aromatic N) is 2. The minimum Gasteiger partial charge on any atom is -0.350 e. The van der Waals surface area contributed by atoms with Gasteiger partial charge >= 0.3 is 0 Å². The Morgan fingerprint density at radius 2 is 1.73 bits per heavy atom. The lowest BCUT2D eigenvalue weighted by Gasteiger charge is -2.36. The summed E-state index contributed by atoms with van der Waals surface area (Å²) >= 11 is 6.28. The highest BCUT2D eigenvalue weighted by Gasteiger charge is 2.43. The quantitative estimate of drug-likeness (QED) is 0.524. The second kappa shape index (κ2) is 11.5. The van der Waals surface area contributed by atoms with Crippen LogP contribution in [0.1, 0.15) is 74.1 Å². The second-order valence-corrected chi connectivity index (χ2v) is 11.2. The Balaban J connectivity index is 1.50. The van der Waals surface area contributed by atoms with Crippen molar-refractivity contribution in [2.45, 2.75) is 63.5 Å². The van der Waals surface area contributed by atoms with E-state index in [-0.39, 0.29) is 41.7 Å². The molecule has 1 aliphatic carbocycles. The van der Waals surface area contributed by atoms with Gasteiger partial charge in [-0.2, -0.15) is 0 Å². The van der Waals surface area contributed by atoms with E-state index in [1.807, 2.05) is 44.1 Å². The molecule has 4 atom stereocenters. The van der Waals surface area contributed by atoms with Crippen molar-refractivity contribution in [1.29, 1.82) is 0 Å². The maximum atomic E-state index is 14.7. The number of rotatable bonds is 6. The van der Waals surface area contributed by atoms with Crippen LogP contribution in [0.25, 0.3) is 0 Å². The summed E-state index contributed by atoms with van der Waals surface area (Å²) in [6, 6.07) is 9.50. The fourth-order valence-electron chi connectivity index (χ4n) is 6.17. The molecule has 8 heteroatoms. The van der Waals surface area contributed by atoms with Crippen molar-refractivity contribution in [3.63, 3.8) is 0 Å². The van der Waals surface area contributed by atoms with Crippen LogP contribution in [-0.4, -0.2) is 54.8 Å². The summed E-state index contributed by atoms with van der Waals surface area (Å²) in [6.45, 7) is 4.68. The summed E-state index contributed by atoms with van der Waals surface area (Å²) < 4.78 is 28.3. The Morgan fingerprint density at radius 3 is 2.35 bits per heavy atom. The molecule has 200 valence electrons. The average molecular weight is 532 g/mol.